The van der Waals surface area contributed by atoms with Gasteiger partial charge in [0.1, 0.15) is 24.6 Å². The monoisotopic (exact) mass is 381 g/mol. The highest BCUT2D eigenvalue weighted by Crippen LogP contribution is 2.48. The second kappa shape index (κ2) is 7.85. The van der Waals surface area contributed by atoms with E-state index in [1.807, 2.05) is 0 Å². The summed E-state index contributed by atoms with van der Waals surface area (Å²) >= 11 is 0. The van der Waals surface area contributed by atoms with Gasteiger partial charge in [-0.1, -0.05) is 25.1 Å². The van der Waals surface area contributed by atoms with Gasteiger partial charge in [-0.05, 0) is 25.1 Å². The van der Waals surface area contributed by atoms with Crippen LogP contribution in [-0.2, 0) is 14.3 Å². The fourth-order valence-electron chi connectivity index (χ4n) is 3.30. The summed E-state index contributed by atoms with van der Waals surface area (Å²) in [5, 5.41) is 2.55. The first-order valence-corrected chi connectivity index (χ1v) is 8.67. The highest BCUT2D eigenvalue weighted by atomic mass is 16.5. The molecule has 1 N–H and O–H groups in total. The highest BCUT2D eigenvalue weighted by Gasteiger charge is 2.51. The molecule has 1 saturated heterocycles. The Hall–Kier alpha value is -3.13. The molecule has 4 atom stereocenters. The van der Waals surface area contributed by atoms with E-state index in [9.17, 15) is 19.2 Å². The van der Waals surface area contributed by atoms with Crippen LogP contribution in [-0.4, -0.2) is 34.1 Å². The molecule has 1 amide bonds. The van der Waals surface area contributed by atoms with Gasteiger partial charge in [0.15, 0.2) is 0 Å². The Morgan fingerprint density at radius 3 is 2.64 bits per heavy atom. The van der Waals surface area contributed by atoms with E-state index in [0.29, 0.717) is 18.1 Å². The molecule has 1 aliphatic rings. The number of hydrogen-bond donors (Lipinski definition) is 1. The van der Waals surface area contributed by atoms with Gasteiger partial charge >= 0.3 is 5.69 Å². The fraction of sp³-hybridized carbons (Fsp3) is 0.300. The molecule has 1 unspecified atom stereocenters. The van der Waals surface area contributed by atoms with Crippen LogP contribution in [0.3, 0.4) is 0 Å². The van der Waals surface area contributed by atoms with Gasteiger partial charge in [-0.2, -0.15) is 4.98 Å². The van der Waals surface area contributed by atoms with Crippen molar-refractivity contribution < 1.29 is 19.1 Å². The van der Waals surface area contributed by atoms with E-state index in [1.54, 1.807) is 37.3 Å². The molecule has 3 rings (SSSR count). The van der Waals surface area contributed by atoms with Gasteiger partial charge in [-0.15, -0.1) is 0 Å². The zero-order valence-corrected chi connectivity index (χ0v) is 15.1. The molecule has 0 saturated carbocycles. The van der Waals surface area contributed by atoms with E-state index in [0.717, 1.165) is 4.57 Å². The summed E-state index contributed by atoms with van der Waals surface area (Å²) < 4.78 is 6.88. The van der Waals surface area contributed by atoms with Gasteiger partial charge in [0.25, 0.3) is 5.91 Å². The number of amides is 1. The number of carbonyl (C=O) groups is 3. The lowest BCUT2D eigenvalue weighted by Gasteiger charge is -2.28. The maximum Gasteiger partial charge on any atom is 0.351 e. The van der Waals surface area contributed by atoms with Gasteiger partial charge in [-0.3, -0.25) is 9.36 Å². The van der Waals surface area contributed by atoms with Crippen molar-refractivity contribution in [3.63, 3.8) is 0 Å². The number of aldehydes is 2. The molecule has 1 aliphatic heterocycles. The van der Waals surface area contributed by atoms with Gasteiger partial charge in [0, 0.05) is 23.6 Å². The predicted molar refractivity (Wildman–Crippen MR) is 99.4 cm³/mol. The summed E-state index contributed by atoms with van der Waals surface area (Å²) in [6.45, 7) is 7.85. The molecule has 0 bridgehead atoms. The van der Waals surface area contributed by atoms with E-state index in [1.165, 1.54) is 12.3 Å². The number of ether oxygens (including phenoxy) is 1. The molecule has 1 aromatic heterocycles. The number of anilines is 1. The first kappa shape index (κ1) is 19.6. The Labute approximate surface area is 161 Å². The topological polar surface area (TPSA) is 107 Å². The molecule has 0 spiro atoms. The van der Waals surface area contributed by atoms with Crippen LogP contribution in [0.15, 0.2) is 47.4 Å². The van der Waals surface area contributed by atoms with E-state index >= 15 is 0 Å². The Kier molecular flexibility index (Phi) is 5.51. The van der Waals surface area contributed by atoms with Crippen LogP contribution in [0.4, 0.5) is 5.82 Å². The summed E-state index contributed by atoms with van der Waals surface area (Å²) in [6.07, 6.45) is 0.951. The van der Waals surface area contributed by atoms with Crippen LogP contribution in [0, 0.1) is 18.3 Å². The van der Waals surface area contributed by atoms with Gasteiger partial charge in [0.05, 0.1) is 12.0 Å². The molecule has 1 fully saturated rings. The van der Waals surface area contributed by atoms with Crippen LogP contribution in [0.2, 0.25) is 0 Å². The maximum atomic E-state index is 12.5. The summed E-state index contributed by atoms with van der Waals surface area (Å²) in [7, 11) is 0. The normalized spacial score (nSPS) is 23.1. The van der Waals surface area contributed by atoms with Crippen molar-refractivity contribution in [3.05, 3.63) is 65.6 Å². The second-order valence-corrected chi connectivity index (χ2v) is 6.78. The zero-order chi connectivity index (χ0) is 20.3. The molecule has 2 aromatic rings. The summed E-state index contributed by atoms with van der Waals surface area (Å²) in [5.74, 6) is -1.09. The number of carbonyl (C=O) groups excluding carboxylic acids is 3. The summed E-state index contributed by atoms with van der Waals surface area (Å²) in [6, 6.07) is 9.93. The first-order valence-electron chi connectivity index (χ1n) is 8.67. The second-order valence-electron chi connectivity index (χ2n) is 6.78. The predicted octanol–water partition coefficient (Wildman–Crippen LogP) is 1.51. The third-order valence-electron chi connectivity index (χ3n) is 4.79. The number of nitrogens with zero attached hydrogens (tertiary/aromatic N) is 2. The molecular formula is C20H19N3O5. The van der Waals surface area contributed by atoms with Crippen molar-refractivity contribution in [1.82, 2.24) is 9.55 Å². The van der Waals surface area contributed by atoms with E-state index in [2.05, 4.69) is 10.3 Å². The van der Waals surface area contributed by atoms with Gasteiger partial charge in [-0.25, -0.2) is 4.79 Å². The average Bonchev–Trinajstić information content (AvgIpc) is 2.92. The lowest BCUT2D eigenvalue weighted by molar-refractivity contribution is -0.115. The fourth-order valence-corrected chi connectivity index (χ4v) is 3.30. The van der Waals surface area contributed by atoms with Crippen molar-refractivity contribution in [3.8, 4) is 0 Å². The van der Waals surface area contributed by atoms with Crippen molar-refractivity contribution in [2.75, 3.05) is 5.32 Å². The third-order valence-corrected chi connectivity index (χ3v) is 4.79. The van der Waals surface area contributed by atoms with Crippen molar-refractivity contribution in [1.29, 1.82) is 0 Å². The maximum absolute atomic E-state index is 12.5. The molecule has 28 heavy (non-hydrogen) atoms. The molecule has 144 valence electrons. The molecule has 8 nitrogen and oxygen atoms in total. The van der Waals surface area contributed by atoms with Crippen LogP contribution >= 0.6 is 0 Å². The number of benzene rings is 1. The molecule has 2 heterocycles. The van der Waals surface area contributed by atoms with Crippen LogP contribution in [0.5, 0.6) is 0 Å². The minimum absolute atomic E-state index is 0.0138. The van der Waals surface area contributed by atoms with Gasteiger partial charge in [0.2, 0.25) is 0 Å². The SMILES string of the molecule is [CH][C@]1(C)C(C=O)[C@@H](CC=O)O[C@H]1n1ccc(NC(=O)c2ccccc2)nc1=O. The highest BCUT2D eigenvalue weighted by molar-refractivity contribution is 6.03. The van der Waals surface area contributed by atoms with E-state index in [4.69, 9.17) is 11.7 Å². The van der Waals surface area contributed by atoms with Crippen molar-refractivity contribution >= 4 is 24.3 Å². The largest absolute Gasteiger partial charge is 0.353 e. The van der Waals surface area contributed by atoms with Crippen molar-refractivity contribution in [2.45, 2.75) is 25.7 Å². The third kappa shape index (κ3) is 3.63. The smallest absolute Gasteiger partial charge is 0.351 e. The number of nitrogens with one attached hydrogen (secondary N) is 1. The molecular weight excluding hydrogens is 362 g/mol. The Bertz CT molecular complexity index is 938. The standard InChI is InChI=1S/C20H19N3O5/c1-20(2)14(12-25)15(9-11-24)28-18(20)23-10-8-16(22-19(23)27)21-17(26)13-6-4-3-5-7-13/h1,3-8,10-12,14-15,18H,9H2,2H3,(H,21,22,26,27)/t14?,15-,18-,20+/m1/s1. The zero-order valence-electron chi connectivity index (χ0n) is 15.1. The van der Waals surface area contributed by atoms with E-state index < -0.39 is 35.3 Å². The molecule has 0 aliphatic carbocycles. The number of aromatic nitrogens is 2. The van der Waals surface area contributed by atoms with E-state index in [-0.39, 0.29) is 12.2 Å². The summed E-state index contributed by atoms with van der Waals surface area (Å²) in [4.78, 5) is 50.8. The van der Waals surface area contributed by atoms with Crippen molar-refractivity contribution in [2.24, 2.45) is 11.3 Å². The summed E-state index contributed by atoms with van der Waals surface area (Å²) in [5.41, 5.74) is -1.49. The van der Waals surface area contributed by atoms with Crippen LogP contribution in [0.1, 0.15) is 29.9 Å². The Morgan fingerprint density at radius 2 is 2.04 bits per heavy atom. The Morgan fingerprint density at radius 1 is 1.32 bits per heavy atom. The quantitative estimate of drug-likeness (QED) is 0.760. The lowest BCUT2D eigenvalue weighted by atomic mass is 9.77. The lowest BCUT2D eigenvalue weighted by Crippen LogP contribution is -2.36. The molecule has 1 aromatic carbocycles. The van der Waals surface area contributed by atoms with Gasteiger partial charge < -0.3 is 19.6 Å². The number of hydrogen-bond acceptors (Lipinski definition) is 6. The molecule has 2 radical (unpaired) electrons. The average molecular weight is 381 g/mol. The minimum atomic E-state index is -1.21. The van der Waals surface area contributed by atoms with Crippen LogP contribution in [0.25, 0.3) is 0 Å². The van der Waals surface area contributed by atoms with Crippen LogP contribution < -0.4 is 11.0 Å². The number of rotatable bonds is 6. The minimum Gasteiger partial charge on any atom is -0.353 e. The first-order chi connectivity index (χ1) is 13.4. The Balaban J connectivity index is 1.84. The molecule has 8 heteroatoms.